The van der Waals surface area contributed by atoms with Crippen molar-refractivity contribution in [2.75, 3.05) is 17.3 Å². The molecule has 0 spiro atoms. The molecule has 1 amide bonds. The van der Waals surface area contributed by atoms with E-state index in [2.05, 4.69) is 12.1 Å². The van der Waals surface area contributed by atoms with E-state index in [4.69, 9.17) is 21.1 Å². The van der Waals surface area contributed by atoms with Crippen LogP contribution in [0.1, 0.15) is 51.7 Å². The van der Waals surface area contributed by atoms with Gasteiger partial charge in [0.2, 0.25) is 0 Å². The Morgan fingerprint density at radius 2 is 1.66 bits per heavy atom. The first kappa shape index (κ1) is 23.9. The molecular weight excluding hydrogens is 422 g/mol. The molecule has 0 bridgehead atoms. The minimum Gasteiger partial charge on any atom is -0.488 e. The number of benzene rings is 3. The molecule has 3 aromatic carbocycles. The highest BCUT2D eigenvalue weighted by atomic mass is 35.5. The molecule has 3 aromatic rings. The third-order valence-electron chi connectivity index (χ3n) is 5.17. The molecule has 0 saturated heterocycles. The van der Waals surface area contributed by atoms with Crippen LogP contribution in [0.2, 0.25) is 0 Å². The van der Waals surface area contributed by atoms with Crippen molar-refractivity contribution in [3.8, 4) is 5.75 Å². The summed E-state index contributed by atoms with van der Waals surface area (Å²) in [5, 5.41) is 2.09. The summed E-state index contributed by atoms with van der Waals surface area (Å²) in [6.45, 7) is 10.6. The first-order valence-corrected chi connectivity index (χ1v) is 11.7. The summed E-state index contributed by atoms with van der Waals surface area (Å²) >= 11 is 6.31. The van der Waals surface area contributed by atoms with Gasteiger partial charge in [0.05, 0.1) is 5.69 Å². The maximum absolute atomic E-state index is 12.9. The van der Waals surface area contributed by atoms with E-state index in [0.29, 0.717) is 19.0 Å². The highest BCUT2D eigenvalue weighted by Crippen LogP contribution is 2.46. The van der Waals surface area contributed by atoms with E-state index in [1.54, 1.807) is 4.90 Å². The summed E-state index contributed by atoms with van der Waals surface area (Å²) in [4.78, 5) is 14.6. The molecule has 1 aliphatic rings. The average Bonchev–Trinajstić information content (AvgIpc) is 3.17. The fraction of sp³-hybridized carbons (Fsp3) is 0.370. The fourth-order valence-corrected chi connectivity index (χ4v) is 4.14. The number of nitrogens with zero attached hydrogens (tertiary/aromatic N) is 1. The predicted molar refractivity (Wildman–Crippen MR) is 133 cm³/mol. The molecule has 4 nitrogen and oxygen atoms in total. The zero-order chi connectivity index (χ0) is 23.3. The van der Waals surface area contributed by atoms with Gasteiger partial charge in [-0.2, -0.15) is 0 Å². The SMILES string of the molecule is CC.CC(C)(C)OC(=O)N1CC(CCl)c2c1cc(OCc1ccccc1)c1ccccc21. The molecule has 32 heavy (non-hydrogen) atoms. The van der Waals surface area contributed by atoms with Gasteiger partial charge in [0, 0.05) is 29.8 Å². The lowest BCUT2D eigenvalue weighted by Gasteiger charge is -2.25. The second-order valence-corrected chi connectivity index (χ2v) is 8.88. The lowest BCUT2D eigenvalue weighted by atomic mass is 9.95. The van der Waals surface area contributed by atoms with E-state index >= 15 is 0 Å². The van der Waals surface area contributed by atoms with Gasteiger partial charge in [0.15, 0.2) is 0 Å². The molecule has 0 fully saturated rings. The van der Waals surface area contributed by atoms with Crippen molar-refractivity contribution in [2.24, 2.45) is 0 Å². The van der Waals surface area contributed by atoms with Crippen molar-refractivity contribution < 1.29 is 14.3 Å². The molecule has 1 atom stereocenters. The molecule has 1 unspecified atom stereocenters. The third-order valence-corrected chi connectivity index (χ3v) is 5.54. The Labute approximate surface area is 196 Å². The van der Waals surface area contributed by atoms with E-state index in [9.17, 15) is 4.79 Å². The van der Waals surface area contributed by atoms with Gasteiger partial charge >= 0.3 is 6.09 Å². The number of anilines is 1. The molecule has 0 N–H and O–H groups in total. The number of amides is 1. The van der Waals surface area contributed by atoms with E-state index in [0.717, 1.165) is 33.3 Å². The summed E-state index contributed by atoms with van der Waals surface area (Å²) < 4.78 is 11.9. The maximum atomic E-state index is 12.9. The van der Waals surface area contributed by atoms with Crippen molar-refractivity contribution in [1.29, 1.82) is 0 Å². The topological polar surface area (TPSA) is 38.8 Å². The van der Waals surface area contributed by atoms with Crippen molar-refractivity contribution >= 4 is 34.2 Å². The van der Waals surface area contributed by atoms with Gasteiger partial charge in [0.1, 0.15) is 18.0 Å². The number of alkyl halides is 1. The van der Waals surface area contributed by atoms with Crippen LogP contribution in [0.15, 0.2) is 60.7 Å². The van der Waals surface area contributed by atoms with Gasteiger partial charge in [0.25, 0.3) is 0 Å². The number of fused-ring (bicyclic) bond motifs is 3. The first-order chi connectivity index (χ1) is 15.4. The second-order valence-electron chi connectivity index (χ2n) is 8.57. The standard InChI is InChI=1S/C25H26ClNO3.C2H6/c1-25(2,3)30-24(28)27-15-18(14-26)23-20-12-8-7-11-19(20)22(13-21(23)27)29-16-17-9-5-4-6-10-17;1-2/h4-13,18H,14-16H2,1-3H3;1-2H3. The molecule has 0 aliphatic carbocycles. The van der Waals surface area contributed by atoms with Gasteiger partial charge in [-0.1, -0.05) is 68.4 Å². The van der Waals surface area contributed by atoms with Gasteiger partial charge in [-0.25, -0.2) is 4.79 Å². The quantitative estimate of drug-likeness (QED) is 0.383. The number of carbonyl (C=O) groups is 1. The highest BCUT2D eigenvalue weighted by Gasteiger charge is 2.36. The normalized spacial score (nSPS) is 15.1. The Balaban J connectivity index is 0.00000141. The van der Waals surface area contributed by atoms with Crippen molar-refractivity contribution in [2.45, 2.75) is 52.7 Å². The fourth-order valence-electron chi connectivity index (χ4n) is 3.88. The minimum atomic E-state index is -0.570. The van der Waals surface area contributed by atoms with E-state index in [1.807, 2.05) is 83.1 Å². The van der Waals surface area contributed by atoms with Gasteiger partial charge in [-0.3, -0.25) is 4.90 Å². The summed E-state index contributed by atoms with van der Waals surface area (Å²) in [7, 11) is 0. The molecule has 0 saturated carbocycles. The average molecular weight is 454 g/mol. The van der Waals surface area contributed by atoms with Crippen LogP contribution in [-0.4, -0.2) is 24.1 Å². The van der Waals surface area contributed by atoms with Gasteiger partial charge in [-0.15, -0.1) is 11.6 Å². The van der Waals surface area contributed by atoms with Gasteiger partial charge in [-0.05, 0) is 37.3 Å². The van der Waals surface area contributed by atoms with Crippen LogP contribution in [0.4, 0.5) is 10.5 Å². The van der Waals surface area contributed by atoms with E-state index in [1.165, 1.54) is 0 Å². The van der Waals surface area contributed by atoms with Crippen LogP contribution in [0.25, 0.3) is 10.8 Å². The number of halogens is 1. The second kappa shape index (κ2) is 10.3. The van der Waals surface area contributed by atoms with Crippen molar-refractivity contribution in [3.63, 3.8) is 0 Å². The molecule has 5 heteroatoms. The van der Waals surface area contributed by atoms with Gasteiger partial charge < -0.3 is 9.47 Å². The number of rotatable bonds is 4. The number of hydrogen-bond acceptors (Lipinski definition) is 3. The molecule has 170 valence electrons. The molecule has 0 radical (unpaired) electrons. The largest absolute Gasteiger partial charge is 0.488 e. The van der Waals surface area contributed by atoms with E-state index in [-0.39, 0.29) is 12.0 Å². The first-order valence-electron chi connectivity index (χ1n) is 11.2. The van der Waals surface area contributed by atoms with Crippen LogP contribution in [-0.2, 0) is 11.3 Å². The van der Waals surface area contributed by atoms with Crippen LogP contribution >= 0.6 is 11.6 Å². The summed E-state index contributed by atoms with van der Waals surface area (Å²) in [6.07, 6.45) is -0.361. The van der Waals surface area contributed by atoms with Crippen molar-refractivity contribution in [3.05, 3.63) is 71.8 Å². The summed E-state index contributed by atoms with van der Waals surface area (Å²) in [5.74, 6) is 1.22. The monoisotopic (exact) mass is 453 g/mol. The van der Waals surface area contributed by atoms with Crippen LogP contribution in [0.3, 0.4) is 0 Å². The highest BCUT2D eigenvalue weighted by molar-refractivity contribution is 6.19. The molecule has 1 aliphatic heterocycles. The number of ether oxygens (including phenoxy) is 2. The lowest BCUT2D eigenvalue weighted by molar-refractivity contribution is 0.0582. The predicted octanol–water partition coefficient (Wildman–Crippen LogP) is 7.52. The number of carbonyl (C=O) groups excluding carboxylic acids is 1. The van der Waals surface area contributed by atoms with Crippen LogP contribution in [0, 0.1) is 0 Å². The zero-order valence-corrected chi connectivity index (χ0v) is 20.3. The zero-order valence-electron chi connectivity index (χ0n) is 19.5. The minimum absolute atomic E-state index is 0.0438. The molecule has 1 heterocycles. The van der Waals surface area contributed by atoms with Crippen molar-refractivity contribution in [1.82, 2.24) is 0 Å². The lowest BCUT2D eigenvalue weighted by Crippen LogP contribution is -2.36. The Hall–Kier alpha value is -2.72. The molecular formula is C27H32ClNO3. The maximum Gasteiger partial charge on any atom is 0.414 e. The Bertz CT molecular complexity index is 1060. The smallest absolute Gasteiger partial charge is 0.414 e. The Morgan fingerprint density at radius 1 is 1.03 bits per heavy atom. The number of hydrogen-bond donors (Lipinski definition) is 0. The Morgan fingerprint density at radius 3 is 2.28 bits per heavy atom. The van der Waals surface area contributed by atoms with E-state index < -0.39 is 5.60 Å². The molecule has 4 rings (SSSR count). The van der Waals surface area contributed by atoms with Crippen LogP contribution < -0.4 is 9.64 Å². The third kappa shape index (κ3) is 5.18. The Kier molecular flexibility index (Phi) is 7.68. The summed E-state index contributed by atoms with van der Waals surface area (Å²) in [6, 6.07) is 20.1. The molecule has 0 aromatic heterocycles. The summed E-state index contributed by atoms with van der Waals surface area (Å²) in [5.41, 5.74) is 2.42. The van der Waals surface area contributed by atoms with Crippen LogP contribution in [0.5, 0.6) is 5.75 Å².